The number of pyridine rings is 2. The molecule has 2 aromatic heterocycles. The molecule has 1 aliphatic rings. The molecule has 1 aliphatic carbocycles. The largest absolute Gasteiger partial charge is 0.227 e. The van der Waals surface area contributed by atoms with E-state index in [0.717, 1.165) is 39.1 Å². The SMILES string of the molecule is c1ccc(-c2cc3cc4c(nc3nc2-c2cccc3ccccc23)-c2cccc3cccc-4c23)cc1. The second kappa shape index (κ2) is 7.34. The van der Waals surface area contributed by atoms with Crippen molar-refractivity contribution >= 4 is 32.6 Å². The van der Waals surface area contributed by atoms with Crippen LogP contribution in [-0.4, -0.2) is 9.97 Å². The molecule has 0 N–H and O–H groups in total. The quantitative estimate of drug-likeness (QED) is 0.259. The molecule has 0 fully saturated rings. The maximum Gasteiger partial charge on any atom is 0.160 e. The van der Waals surface area contributed by atoms with Gasteiger partial charge in [0.25, 0.3) is 0 Å². The summed E-state index contributed by atoms with van der Waals surface area (Å²) in [6.45, 7) is 0. The van der Waals surface area contributed by atoms with Crippen molar-refractivity contribution < 1.29 is 0 Å². The maximum absolute atomic E-state index is 5.27. The normalized spacial score (nSPS) is 11.9. The molecule has 0 atom stereocenters. The number of hydrogen-bond donors (Lipinski definition) is 0. The number of fused-ring (bicyclic) bond motifs is 5. The summed E-state index contributed by atoms with van der Waals surface area (Å²) < 4.78 is 0. The van der Waals surface area contributed by atoms with Gasteiger partial charge in [0.1, 0.15) is 0 Å². The molecule has 2 heteroatoms. The van der Waals surface area contributed by atoms with Crippen LogP contribution in [0.1, 0.15) is 0 Å². The Hall–Kier alpha value is -4.82. The van der Waals surface area contributed by atoms with Gasteiger partial charge in [-0.25, -0.2) is 9.97 Å². The highest BCUT2D eigenvalue weighted by Gasteiger charge is 2.24. The molecular weight excluding hydrogens is 436 g/mol. The highest BCUT2D eigenvalue weighted by molar-refractivity contribution is 6.15. The molecule has 0 unspecified atom stereocenters. The average molecular weight is 457 g/mol. The van der Waals surface area contributed by atoms with Crippen LogP contribution in [0.3, 0.4) is 0 Å². The number of benzene rings is 5. The minimum Gasteiger partial charge on any atom is -0.227 e. The van der Waals surface area contributed by atoms with Crippen molar-refractivity contribution in [2.45, 2.75) is 0 Å². The fraction of sp³-hybridized carbons (Fsp3) is 0. The van der Waals surface area contributed by atoms with Crippen LogP contribution in [0.4, 0.5) is 0 Å². The topological polar surface area (TPSA) is 25.8 Å². The van der Waals surface area contributed by atoms with Gasteiger partial charge in [0.2, 0.25) is 0 Å². The van der Waals surface area contributed by atoms with Crippen molar-refractivity contribution in [1.82, 2.24) is 9.97 Å². The lowest BCUT2D eigenvalue weighted by atomic mass is 9.94. The highest BCUT2D eigenvalue weighted by Crippen LogP contribution is 2.47. The van der Waals surface area contributed by atoms with Crippen LogP contribution in [0.25, 0.3) is 77.3 Å². The zero-order valence-electron chi connectivity index (χ0n) is 19.4. The van der Waals surface area contributed by atoms with E-state index >= 15 is 0 Å². The van der Waals surface area contributed by atoms with E-state index in [2.05, 4.69) is 121 Å². The number of aromatic nitrogens is 2. The van der Waals surface area contributed by atoms with Gasteiger partial charge in [-0.2, -0.15) is 0 Å². The third kappa shape index (κ3) is 2.73. The third-order valence-electron chi connectivity index (χ3n) is 7.38. The first kappa shape index (κ1) is 19.5. The molecule has 7 aromatic rings. The van der Waals surface area contributed by atoms with Crippen LogP contribution in [0.15, 0.2) is 121 Å². The van der Waals surface area contributed by atoms with Gasteiger partial charge in [0.05, 0.1) is 11.4 Å². The number of rotatable bonds is 2. The lowest BCUT2D eigenvalue weighted by Crippen LogP contribution is -1.95. The third-order valence-corrected chi connectivity index (χ3v) is 7.38. The summed E-state index contributed by atoms with van der Waals surface area (Å²) in [5.74, 6) is 0. The summed E-state index contributed by atoms with van der Waals surface area (Å²) in [5, 5.41) is 6.00. The van der Waals surface area contributed by atoms with Gasteiger partial charge in [-0.1, -0.05) is 109 Å². The zero-order valence-corrected chi connectivity index (χ0v) is 19.4. The Bertz CT molecular complexity index is 1980. The van der Waals surface area contributed by atoms with Crippen LogP contribution < -0.4 is 0 Å². The molecule has 0 bridgehead atoms. The van der Waals surface area contributed by atoms with Gasteiger partial charge in [0, 0.05) is 27.6 Å². The van der Waals surface area contributed by atoms with E-state index in [-0.39, 0.29) is 0 Å². The van der Waals surface area contributed by atoms with Crippen LogP contribution >= 0.6 is 0 Å². The van der Waals surface area contributed by atoms with E-state index in [1.807, 2.05) is 0 Å². The van der Waals surface area contributed by atoms with Crippen LogP contribution in [0.2, 0.25) is 0 Å². The minimum absolute atomic E-state index is 0.779. The van der Waals surface area contributed by atoms with Gasteiger partial charge in [0.15, 0.2) is 5.65 Å². The predicted molar refractivity (Wildman–Crippen MR) is 150 cm³/mol. The first-order chi connectivity index (χ1) is 17.8. The van der Waals surface area contributed by atoms with Crippen molar-refractivity contribution in [3.05, 3.63) is 121 Å². The van der Waals surface area contributed by atoms with Gasteiger partial charge in [-0.3, -0.25) is 0 Å². The maximum atomic E-state index is 5.27. The molecule has 0 saturated carbocycles. The fourth-order valence-electron chi connectivity index (χ4n) is 5.75. The lowest BCUT2D eigenvalue weighted by molar-refractivity contribution is 1.30. The van der Waals surface area contributed by atoms with E-state index in [1.165, 1.54) is 38.2 Å². The van der Waals surface area contributed by atoms with E-state index in [4.69, 9.17) is 9.97 Å². The zero-order chi connectivity index (χ0) is 23.6. The van der Waals surface area contributed by atoms with Gasteiger partial charge in [-0.05, 0) is 44.8 Å². The van der Waals surface area contributed by atoms with Gasteiger partial charge < -0.3 is 0 Å². The number of nitrogens with zero attached hydrogens (tertiary/aromatic N) is 2. The molecule has 36 heavy (non-hydrogen) atoms. The van der Waals surface area contributed by atoms with Gasteiger partial charge >= 0.3 is 0 Å². The molecule has 0 aliphatic heterocycles. The average Bonchev–Trinajstić information content (AvgIpc) is 3.25. The summed E-state index contributed by atoms with van der Waals surface area (Å²) in [5.41, 5.74) is 9.81. The Labute approximate surface area is 208 Å². The molecule has 8 rings (SSSR count). The Morgan fingerprint density at radius 2 is 1.00 bits per heavy atom. The van der Waals surface area contributed by atoms with E-state index in [0.29, 0.717) is 0 Å². The first-order valence-corrected chi connectivity index (χ1v) is 12.3. The molecular formula is C34H20N2. The Kier molecular flexibility index (Phi) is 3.97. The van der Waals surface area contributed by atoms with Crippen LogP contribution in [-0.2, 0) is 0 Å². The Morgan fingerprint density at radius 3 is 1.83 bits per heavy atom. The van der Waals surface area contributed by atoms with Crippen molar-refractivity contribution in [3.63, 3.8) is 0 Å². The van der Waals surface area contributed by atoms with E-state index in [1.54, 1.807) is 0 Å². The molecule has 2 nitrogen and oxygen atoms in total. The van der Waals surface area contributed by atoms with Gasteiger partial charge in [-0.15, -0.1) is 0 Å². The molecule has 0 radical (unpaired) electrons. The standard InChI is InChI=1S/C34H20N2/c1-2-9-22(10-3-1)29-19-24-20-30-26-16-7-13-23-14-8-18-28(31(23)26)33(30)36-34(24)35-32(29)27-17-6-12-21-11-4-5-15-25(21)27/h1-20H. The summed E-state index contributed by atoms with van der Waals surface area (Å²) in [7, 11) is 0. The van der Waals surface area contributed by atoms with Crippen molar-refractivity contribution in [1.29, 1.82) is 0 Å². The van der Waals surface area contributed by atoms with Crippen LogP contribution in [0, 0.1) is 0 Å². The summed E-state index contributed by atoms with van der Waals surface area (Å²) in [6.07, 6.45) is 0. The van der Waals surface area contributed by atoms with Crippen molar-refractivity contribution in [3.8, 4) is 44.8 Å². The molecule has 0 saturated heterocycles. The fourth-order valence-corrected chi connectivity index (χ4v) is 5.75. The van der Waals surface area contributed by atoms with E-state index in [9.17, 15) is 0 Å². The Morgan fingerprint density at radius 1 is 0.389 bits per heavy atom. The smallest absolute Gasteiger partial charge is 0.160 e. The second-order valence-electron chi connectivity index (χ2n) is 9.42. The van der Waals surface area contributed by atoms with Crippen molar-refractivity contribution in [2.24, 2.45) is 0 Å². The summed E-state index contributed by atoms with van der Waals surface area (Å²) in [6, 6.07) is 43.1. The summed E-state index contributed by atoms with van der Waals surface area (Å²) >= 11 is 0. The monoisotopic (exact) mass is 456 g/mol. The van der Waals surface area contributed by atoms with Crippen molar-refractivity contribution in [2.75, 3.05) is 0 Å². The Balaban J connectivity index is 1.47. The van der Waals surface area contributed by atoms with E-state index < -0.39 is 0 Å². The lowest BCUT2D eigenvalue weighted by Gasteiger charge is -2.14. The number of hydrogen-bond acceptors (Lipinski definition) is 2. The molecule has 166 valence electrons. The molecule has 0 amide bonds. The molecule has 0 spiro atoms. The minimum atomic E-state index is 0.779. The highest BCUT2D eigenvalue weighted by atomic mass is 14.9. The summed E-state index contributed by atoms with van der Waals surface area (Å²) in [4.78, 5) is 10.5. The molecule has 5 aromatic carbocycles. The predicted octanol–water partition coefficient (Wildman–Crippen LogP) is 8.92. The molecule has 2 heterocycles. The first-order valence-electron chi connectivity index (χ1n) is 12.3. The van der Waals surface area contributed by atoms with Crippen LogP contribution in [0.5, 0.6) is 0 Å². The second-order valence-corrected chi connectivity index (χ2v) is 9.42.